The molecular weight excluding hydrogens is 302 g/mol. The van der Waals surface area contributed by atoms with Crippen molar-refractivity contribution in [3.05, 3.63) is 16.7 Å². The normalized spacial score (nSPS) is 17.0. The minimum Gasteiger partial charge on any atom is -0.493 e. The van der Waals surface area contributed by atoms with E-state index in [0.717, 1.165) is 0 Å². The number of carbonyl (C=O) groups is 1. The topological polar surface area (TPSA) is 86.6 Å². The molecule has 2 rings (SSSR count). The number of benzene rings is 1. The number of halogens is 1. The Labute approximate surface area is 126 Å². The highest BCUT2D eigenvalue weighted by atomic mass is 35.5. The van der Waals surface area contributed by atoms with E-state index in [1.807, 2.05) is 0 Å². The second-order valence-corrected chi connectivity index (χ2v) is 4.56. The maximum absolute atomic E-state index is 10.9. The summed E-state index contributed by atoms with van der Waals surface area (Å²) in [7, 11) is 4.38. The van der Waals surface area contributed by atoms with Gasteiger partial charge in [0.05, 0.1) is 32.1 Å². The first-order valence-corrected chi connectivity index (χ1v) is 6.35. The Balaban J connectivity index is 2.48. The van der Waals surface area contributed by atoms with Crippen LogP contribution in [-0.2, 0) is 9.63 Å². The van der Waals surface area contributed by atoms with Gasteiger partial charge in [-0.2, -0.15) is 0 Å². The summed E-state index contributed by atoms with van der Waals surface area (Å²) in [6.07, 6.45) is -0.914. The molecule has 0 unspecified atom stereocenters. The third kappa shape index (κ3) is 2.69. The molecule has 1 aliphatic rings. The van der Waals surface area contributed by atoms with E-state index in [9.17, 15) is 4.79 Å². The van der Waals surface area contributed by atoms with Crippen molar-refractivity contribution in [1.82, 2.24) is 0 Å². The van der Waals surface area contributed by atoms with Gasteiger partial charge < -0.3 is 24.2 Å². The number of ether oxygens (including phenoxy) is 3. The van der Waals surface area contributed by atoms with Crippen molar-refractivity contribution in [2.45, 2.75) is 12.5 Å². The Morgan fingerprint density at radius 3 is 2.48 bits per heavy atom. The average molecular weight is 316 g/mol. The minimum atomic E-state index is -1.09. The van der Waals surface area contributed by atoms with Gasteiger partial charge in [-0.3, -0.25) is 0 Å². The summed E-state index contributed by atoms with van der Waals surface area (Å²) in [5.41, 5.74) is 0.890. The van der Waals surface area contributed by atoms with Crippen molar-refractivity contribution in [1.29, 1.82) is 0 Å². The minimum absolute atomic E-state index is 0.105. The molecule has 0 fully saturated rings. The van der Waals surface area contributed by atoms with Crippen LogP contribution >= 0.6 is 11.6 Å². The number of methoxy groups -OCH3 is 3. The van der Waals surface area contributed by atoms with Gasteiger partial charge in [-0.1, -0.05) is 16.8 Å². The van der Waals surface area contributed by atoms with E-state index in [0.29, 0.717) is 22.8 Å². The fourth-order valence-electron chi connectivity index (χ4n) is 2.00. The summed E-state index contributed by atoms with van der Waals surface area (Å²) in [5.74, 6) is -0.0504. The number of rotatable bonds is 5. The van der Waals surface area contributed by atoms with Crippen LogP contribution in [0.1, 0.15) is 12.0 Å². The molecule has 1 heterocycles. The SMILES string of the molecule is COc1cc(C2=NO[C@@H](C(=O)O)C2)c(Cl)c(OC)c1OC. The standard InChI is InChI=1S/C13H14ClNO6/c1-18-8-4-6(7-5-9(13(16)17)21-15-7)10(14)12(20-3)11(8)19-2/h4,9H,5H2,1-3H3,(H,16,17)/t9-/m1/s1. The molecule has 1 aliphatic heterocycles. The first kappa shape index (κ1) is 15.2. The van der Waals surface area contributed by atoms with Gasteiger partial charge in [0.25, 0.3) is 0 Å². The summed E-state index contributed by atoms with van der Waals surface area (Å²) >= 11 is 6.28. The number of aliphatic carboxylic acids is 1. The van der Waals surface area contributed by atoms with Crippen LogP contribution in [0.25, 0.3) is 0 Å². The molecule has 0 radical (unpaired) electrons. The molecule has 0 spiro atoms. The lowest BCUT2D eigenvalue weighted by Crippen LogP contribution is -2.20. The highest BCUT2D eigenvalue weighted by molar-refractivity contribution is 6.36. The van der Waals surface area contributed by atoms with Gasteiger partial charge in [-0.25, -0.2) is 4.79 Å². The number of oxime groups is 1. The number of hydrogen-bond donors (Lipinski definition) is 1. The second kappa shape index (κ2) is 6.09. The fourth-order valence-corrected chi connectivity index (χ4v) is 2.33. The Bertz CT molecular complexity index is 601. The monoisotopic (exact) mass is 315 g/mol. The summed E-state index contributed by atoms with van der Waals surface area (Å²) in [5, 5.41) is 13.0. The molecule has 114 valence electrons. The van der Waals surface area contributed by atoms with Crippen LogP contribution in [-0.4, -0.2) is 44.2 Å². The van der Waals surface area contributed by atoms with Crippen LogP contribution in [0.15, 0.2) is 11.2 Å². The van der Waals surface area contributed by atoms with Gasteiger partial charge in [0.1, 0.15) is 0 Å². The van der Waals surface area contributed by atoms with Crippen molar-refractivity contribution >= 4 is 23.3 Å². The first-order chi connectivity index (χ1) is 10.0. The van der Waals surface area contributed by atoms with E-state index in [1.54, 1.807) is 6.07 Å². The Hall–Kier alpha value is -2.15. The van der Waals surface area contributed by atoms with E-state index in [4.69, 9.17) is 35.8 Å². The van der Waals surface area contributed by atoms with Crippen molar-refractivity contribution in [2.75, 3.05) is 21.3 Å². The molecular formula is C13H14ClNO6. The van der Waals surface area contributed by atoms with Crippen molar-refractivity contribution < 1.29 is 28.9 Å². The summed E-state index contributed by atoms with van der Waals surface area (Å²) in [6, 6.07) is 1.61. The molecule has 0 amide bonds. The molecule has 1 N–H and O–H groups in total. The molecule has 0 bridgehead atoms. The van der Waals surface area contributed by atoms with Crippen LogP contribution in [0.2, 0.25) is 5.02 Å². The van der Waals surface area contributed by atoms with E-state index < -0.39 is 12.1 Å². The third-order valence-corrected chi connectivity index (χ3v) is 3.40. The Kier molecular flexibility index (Phi) is 4.42. The average Bonchev–Trinajstić information content (AvgIpc) is 2.96. The molecule has 1 aromatic carbocycles. The van der Waals surface area contributed by atoms with E-state index >= 15 is 0 Å². The molecule has 1 aromatic rings. The van der Waals surface area contributed by atoms with Gasteiger partial charge in [0.2, 0.25) is 11.9 Å². The van der Waals surface area contributed by atoms with Gasteiger partial charge in [-0.05, 0) is 6.07 Å². The fraction of sp³-hybridized carbons (Fsp3) is 0.385. The summed E-state index contributed by atoms with van der Waals surface area (Å²) in [4.78, 5) is 15.8. The number of carboxylic acid groups (broad SMARTS) is 1. The lowest BCUT2D eigenvalue weighted by Gasteiger charge is -2.16. The highest BCUT2D eigenvalue weighted by Gasteiger charge is 2.31. The van der Waals surface area contributed by atoms with Crippen molar-refractivity contribution in [3.8, 4) is 17.2 Å². The highest BCUT2D eigenvalue weighted by Crippen LogP contribution is 2.45. The Morgan fingerprint density at radius 1 is 1.33 bits per heavy atom. The van der Waals surface area contributed by atoms with E-state index in [-0.39, 0.29) is 17.2 Å². The lowest BCUT2D eigenvalue weighted by atomic mass is 10.0. The van der Waals surface area contributed by atoms with E-state index in [1.165, 1.54) is 21.3 Å². The van der Waals surface area contributed by atoms with E-state index in [2.05, 4.69) is 5.16 Å². The zero-order chi connectivity index (χ0) is 15.6. The predicted octanol–water partition coefficient (Wildman–Crippen LogP) is 1.94. The van der Waals surface area contributed by atoms with Gasteiger partial charge in [0.15, 0.2) is 11.5 Å². The van der Waals surface area contributed by atoms with Crippen LogP contribution < -0.4 is 14.2 Å². The maximum Gasteiger partial charge on any atom is 0.348 e. The predicted molar refractivity (Wildman–Crippen MR) is 74.8 cm³/mol. The van der Waals surface area contributed by atoms with Crippen molar-refractivity contribution in [3.63, 3.8) is 0 Å². The summed E-state index contributed by atoms with van der Waals surface area (Å²) in [6.45, 7) is 0. The first-order valence-electron chi connectivity index (χ1n) is 5.97. The number of nitrogens with zero attached hydrogens (tertiary/aromatic N) is 1. The molecule has 0 saturated carbocycles. The molecule has 0 aromatic heterocycles. The third-order valence-electron chi connectivity index (χ3n) is 3.02. The molecule has 7 nitrogen and oxygen atoms in total. The largest absolute Gasteiger partial charge is 0.493 e. The van der Waals surface area contributed by atoms with Crippen LogP contribution in [0, 0.1) is 0 Å². The van der Waals surface area contributed by atoms with Gasteiger partial charge in [-0.15, -0.1) is 0 Å². The van der Waals surface area contributed by atoms with Crippen molar-refractivity contribution in [2.24, 2.45) is 5.16 Å². The maximum atomic E-state index is 10.9. The zero-order valence-corrected chi connectivity index (χ0v) is 12.4. The molecule has 21 heavy (non-hydrogen) atoms. The quantitative estimate of drug-likeness (QED) is 0.893. The smallest absolute Gasteiger partial charge is 0.348 e. The number of carboxylic acids is 1. The molecule has 0 saturated heterocycles. The number of hydrogen-bond acceptors (Lipinski definition) is 6. The van der Waals surface area contributed by atoms with Crippen LogP contribution in [0.4, 0.5) is 0 Å². The van der Waals surface area contributed by atoms with Gasteiger partial charge >= 0.3 is 5.97 Å². The molecule has 1 atom stereocenters. The van der Waals surface area contributed by atoms with Gasteiger partial charge in [0, 0.05) is 12.0 Å². The molecule has 8 heteroatoms. The summed E-state index contributed by atoms with van der Waals surface area (Å²) < 4.78 is 15.7. The lowest BCUT2D eigenvalue weighted by molar-refractivity contribution is -0.148. The zero-order valence-electron chi connectivity index (χ0n) is 11.7. The van der Waals surface area contributed by atoms with Crippen LogP contribution in [0.3, 0.4) is 0 Å². The second-order valence-electron chi connectivity index (χ2n) is 4.18. The Morgan fingerprint density at radius 2 is 2.00 bits per heavy atom. The van der Waals surface area contributed by atoms with Crippen LogP contribution in [0.5, 0.6) is 17.2 Å². The molecule has 0 aliphatic carbocycles.